The number of fused-ring (bicyclic) bond motifs is 1. The zero-order valence-electron chi connectivity index (χ0n) is 18.8. The molecule has 3 atom stereocenters. The molecule has 1 aliphatic heterocycles. The SMILES string of the molecule is CCCCCC[C@@H](C)O[C@@]12CCC[C@]1(C(c1ccccc1)c1ccccc1)CCO2. The van der Waals surface area contributed by atoms with Crippen molar-refractivity contribution >= 4 is 0 Å². The van der Waals surface area contributed by atoms with Crippen molar-refractivity contribution in [3.63, 3.8) is 0 Å². The van der Waals surface area contributed by atoms with Gasteiger partial charge in [-0.05, 0) is 43.7 Å². The number of unbranched alkanes of at least 4 members (excludes halogenated alkanes) is 3. The highest BCUT2D eigenvalue weighted by molar-refractivity contribution is 5.37. The summed E-state index contributed by atoms with van der Waals surface area (Å²) in [6, 6.07) is 22.1. The van der Waals surface area contributed by atoms with Gasteiger partial charge < -0.3 is 9.47 Å². The molecule has 2 nitrogen and oxygen atoms in total. The molecule has 2 heteroatoms. The van der Waals surface area contributed by atoms with E-state index in [4.69, 9.17) is 9.47 Å². The Morgan fingerprint density at radius 3 is 2.17 bits per heavy atom. The lowest BCUT2D eigenvalue weighted by Gasteiger charge is -2.46. The Labute approximate surface area is 183 Å². The third-order valence-electron chi connectivity index (χ3n) is 7.44. The lowest BCUT2D eigenvalue weighted by Crippen LogP contribution is -2.48. The van der Waals surface area contributed by atoms with Crippen LogP contribution in [0.1, 0.15) is 88.7 Å². The van der Waals surface area contributed by atoms with Crippen molar-refractivity contribution in [2.75, 3.05) is 6.61 Å². The largest absolute Gasteiger partial charge is 0.349 e. The normalized spacial score (nSPS) is 26.8. The van der Waals surface area contributed by atoms with Crippen LogP contribution in [-0.2, 0) is 9.47 Å². The van der Waals surface area contributed by atoms with E-state index >= 15 is 0 Å². The minimum Gasteiger partial charge on any atom is -0.349 e. The highest BCUT2D eigenvalue weighted by atomic mass is 16.7. The fraction of sp³-hybridized carbons (Fsp3) is 0.571. The zero-order chi connectivity index (χ0) is 20.9. The molecule has 2 aromatic carbocycles. The molecule has 1 heterocycles. The van der Waals surface area contributed by atoms with Gasteiger partial charge in [-0.25, -0.2) is 0 Å². The molecule has 1 saturated carbocycles. The number of rotatable bonds is 10. The van der Waals surface area contributed by atoms with E-state index in [2.05, 4.69) is 74.5 Å². The fourth-order valence-corrected chi connectivity index (χ4v) is 6.09. The lowest BCUT2D eigenvalue weighted by molar-refractivity contribution is -0.269. The van der Waals surface area contributed by atoms with Crippen molar-refractivity contribution in [3.8, 4) is 0 Å². The summed E-state index contributed by atoms with van der Waals surface area (Å²) in [6.07, 6.45) is 11.0. The Balaban J connectivity index is 1.65. The lowest BCUT2D eigenvalue weighted by atomic mass is 9.64. The average molecular weight is 407 g/mol. The van der Waals surface area contributed by atoms with Crippen LogP contribution in [0.2, 0.25) is 0 Å². The van der Waals surface area contributed by atoms with Crippen LogP contribution in [0.5, 0.6) is 0 Å². The maximum absolute atomic E-state index is 6.91. The Morgan fingerprint density at radius 1 is 0.867 bits per heavy atom. The van der Waals surface area contributed by atoms with Crippen molar-refractivity contribution in [1.82, 2.24) is 0 Å². The first kappa shape index (κ1) is 21.6. The number of hydrogen-bond acceptors (Lipinski definition) is 2. The predicted molar refractivity (Wildman–Crippen MR) is 124 cm³/mol. The molecular weight excluding hydrogens is 368 g/mol. The molecule has 1 saturated heterocycles. The Morgan fingerprint density at radius 2 is 1.53 bits per heavy atom. The van der Waals surface area contributed by atoms with Crippen molar-refractivity contribution in [1.29, 1.82) is 0 Å². The summed E-state index contributed by atoms with van der Waals surface area (Å²) in [4.78, 5) is 0. The maximum atomic E-state index is 6.91. The van der Waals surface area contributed by atoms with Crippen LogP contribution >= 0.6 is 0 Å². The molecule has 0 N–H and O–H groups in total. The van der Waals surface area contributed by atoms with Crippen molar-refractivity contribution in [2.45, 2.75) is 89.4 Å². The third-order valence-corrected chi connectivity index (χ3v) is 7.44. The second kappa shape index (κ2) is 9.66. The van der Waals surface area contributed by atoms with Crippen molar-refractivity contribution in [2.24, 2.45) is 5.41 Å². The minimum atomic E-state index is -0.451. The van der Waals surface area contributed by atoms with E-state index in [0.717, 1.165) is 25.9 Å². The molecule has 0 radical (unpaired) electrons. The summed E-state index contributed by atoms with van der Waals surface area (Å²) in [6.45, 7) is 5.33. The van der Waals surface area contributed by atoms with Gasteiger partial charge in [0.2, 0.25) is 0 Å². The third kappa shape index (κ3) is 4.09. The van der Waals surface area contributed by atoms with E-state index in [1.54, 1.807) is 0 Å². The van der Waals surface area contributed by atoms with E-state index in [1.807, 2.05) is 0 Å². The first-order valence-electron chi connectivity index (χ1n) is 12.1. The van der Waals surface area contributed by atoms with Gasteiger partial charge in [0.05, 0.1) is 12.7 Å². The molecular formula is C28H38O2. The standard InChI is InChI=1S/C28H38O2/c1-3-4-5-8-14-23(2)30-28-20-13-19-27(28,21-22-29-28)26(24-15-9-6-10-16-24)25-17-11-7-12-18-25/h6-7,9-12,15-18,23,26H,3-5,8,13-14,19-22H2,1-2H3/t23-,27-,28+/m1/s1. The van der Waals surface area contributed by atoms with Crippen LogP contribution < -0.4 is 0 Å². The summed E-state index contributed by atoms with van der Waals surface area (Å²) < 4.78 is 13.5. The van der Waals surface area contributed by atoms with E-state index in [1.165, 1.54) is 49.7 Å². The van der Waals surface area contributed by atoms with E-state index in [-0.39, 0.29) is 11.5 Å². The maximum Gasteiger partial charge on any atom is 0.175 e. The van der Waals surface area contributed by atoms with Crippen LogP contribution in [0.3, 0.4) is 0 Å². The van der Waals surface area contributed by atoms with E-state index in [9.17, 15) is 0 Å². The fourth-order valence-electron chi connectivity index (χ4n) is 6.09. The molecule has 0 amide bonds. The molecule has 0 bridgehead atoms. The molecule has 2 aromatic rings. The van der Waals surface area contributed by atoms with Gasteiger partial charge in [0.1, 0.15) is 0 Å². The molecule has 1 aliphatic carbocycles. The van der Waals surface area contributed by atoms with Gasteiger partial charge in [-0.2, -0.15) is 0 Å². The summed E-state index contributed by atoms with van der Waals surface area (Å²) in [5.74, 6) is -0.148. The topological polar surface area (TPSA) is 18.5 Å². The van der Waals surface area contributed by atoms with Crippen molar-refractivity contribution < 1.29 is 9.47 Å². The molecule has 4 rings (SSSR count). The number of hydrogen-bond donors (Lipinski definition) is 0. The molecule has 162 valence electrons. The highest BCUT2D eigenvalue weighted by Gasteiger charge is 2.64. The summed E-state index contributed by atoms with van der Waals surface area (Å²) in [5.41, 5.74) is 2.78. The van der Waals surface area contributed by atoms with Crippen LogP contribution in [0.15, 0.2) is 60.7 Å². The Hall–Kier alpha value is -1.64. The van der Waals surface area contributed by atoms with Crippen LogP contribution in [0.4, 0.5) is 0 Å². The highest BCUT2D eigenvalue weighted by Crippen LogP contribution is 2.64. The minimum absolute atomic E-state index is 0.00733. The van der Waals surface area contributed by atoms with Crippen LogP contribution in [0.25, 0.3) is 0 Å². The van der Waals surface area contributed by atoms with Crippen LogP contribution in [0, 0.1) is 5.41 Å². The van der Waals surface area contributed by atoms with Gasteiger partial charge >= 0.3 is 0 Å². The molecule has 2 fully saturated rings. The monoisotopic (exact) mass is 406 g/mol. The average Bonchev–Trinajstić information content (AvgIpc) is 3.28. The number of ether oxygens (including phenoxy) is 2. The molecule has 0 spiro atoms. The smallest absolute Gasteiger partial charge is 0.175 e. The van der Waals surface area contributed by atoms with Gasteiger partial charge in [-0.3, -0.25) is 0 Å². The summed E-state index contributed by atoms with van der Waals surface area (Å²) >= 11 is 0. The second-order valence-electron chi connectivity index (χ2n) is 9.39. The van der Waals surface area contributed by atoms with Crippen molar-refractivity contribution in [3.05, 3.63) is 71.8 Å². The number of benzene rings is 2. The quantitative estimate of drug-likeness (QED) is 0.381. The van der Waals surface area contributed by atoms with Crippen LogP contribution in [-0.4, -0.2) is 18.5 Å². The predicted octanol–water partition coefficient (Wildman–Crippen LogP) is 7.48. The van der Waals surface area contributed by atoms with Gasteiger partial charge in [0.25, 0.3) is 0 Å². The van der Waals surface area contributed by atoms with Gasteiger partial charge in [0, 0.05) is 17.8 Å². The molecule has 30 heavy (non-hydrogen) atoms. The van der Waals surface area contributed by atoms with E-state index in [0.29, 0.717) is 5.92 Å². The molecule has 0 unspecified atom stereocenters. The Kier molecular flexibility index (Phi) is 6.95. The van der Waals surface area contributed by atoms with Gasteiger partial charge in [-0.15, -0.1) is 0 Å². The van der Waals surface area contributed by atoms with Gasteiger partial charge in [0.15, 0.2) is 5.79 Å². The summed E-state index contributed by atoms with van der Waals surface area (Å²) in [7, 11) is 0. The molecule has 2 aliphatic rings. The first-order valence-corrected chi connectivity index (χ1v) is 12.1. The second-order valence-corrected chi connectivity index (χ2v) is 9.39. The molecule has 0 aromatic heterocycles. The van der Waals surface area contributed by atoms with E-state index < -0.39 is 5.79 Å². The Bertz CT molecular complexity index is 720. The first-order chi connectivity index (χ1) is 14.7. The summed E-state index contributed by atoms with van der Waals surface area (Å²) in [5, 5.41) is 0. The van der Waals surface area contributed by atoms with Gasteiger partial charge in [-0.1, -0.05) is 93.3 Å². The zero-order valence-corrected chi connectivity index (χ0v) is 18.8.